The van der Waals surface area contributed by atoms with E-state index in [1.807, 2.05) is 0 Å². The van der Waals surface area contributed by atoms with Gasteiger partial charge in [0, 0.05) is 19.9 Å². The third kappa shape index (κ3) is 7.34. The number of unbranched alkanes of at least 4 members (excludes halogenated alkanes) is 1. The molecule has 80 valence electrons. The Bertz CT molecular complexity index is 202. The van der Waals surface area contributed by atoms with E-state index in [0.717, 1.165) is 0 Å². The van der Waals surface area contributed by atoms with Gasteiger partial charge in [0.05, 0.1) is 0 Å². The summed E-state index contributed by atoms with van der Waals surface area (Å²) >= 11 is 0. The zero-order valence-corrected chi connectivity index (χ0v) is 8.54. The average molecular weight is 199 g/mol. The Hall–Kier alpha value is -1.32. The van der Waals surface area contributed by atoms with Crippen molar-refractivity contribution < 1.29 is 14.3 Å². The van der Waals surface area contributed by atoms with Crippen LogP contribution in [0.2, 0.25) is 0 Å². The number of carbonyl (C=O) groups is 2. The van der Waals surface area contributed by atoms with Crippen LogP contribution >= 0.6 is 0 Å². The number of esters is 1. The first-order valence-electron chi connectivity index (χ1n) is 4.67. The van der Waals surface area contributed by atoms with Crippen molar-refractivity contribution in [3.8, 4) is 0 Å². The molecule has 0 heterocycles. The summed E-state index contributed by atoms with van der Waals surface area (Å²) in [7, 11) is 1.60. The van der Waals surface area contributed by atoms with E-state index in [2.05, 4.69) is 11.9 Å². The predicted molar refractivity (Wildman–Crippen MR) is 53.7 cm³/mol. The maximum absolute atomic E-state index is 10.9. The maximum atomic E-state index is 10.9. The molecule has 0 aliphatic rings. The number of rotatable bonds is 7. The minimum Gasteiger partial charge on any atom is -0.461 e. The van der Waals surface area contributed by atoms with Gasteiger partial charge in [-0.15, -0.1) is 0 Å². The van der Waals surface area contributed by atoms with Crippen LogP contribution in [0.4, 0.5) is 0 Å². The first-order chi connectivity index (χ1) is 6.70. The fraction of sp³-hybridized carbons (Fsp3) is 0.600. The molecule has 0 saturated carbocycles. The minimum atomic E-state index is -0.234. The molecule has 14 heavy (non-hydrogen) atoms. The number of amides is 1. The SMILES string of the molecule is C=CCOC(=O)CCCCC(=O)NC. The van der Waals surface area contributed by atoms with Crippen LogP contribution in [0.3, 0.4) is 0 Å². The van der Waals surface area contributed by atoms with Crippen molar-refractivity contribution in [3.63, 3.8) is 0 Å². The van der Waals surface area contributed by atoms with Gasteiger partial charge in [-0.05, 0) is 12.8 Å². The van der Waals surface area contributed by atoms with Crippen LogP contribution in [0.1, 0.15) is 25.7 Å². The van der Waals surface area contributed by atoms with Gasteiger partial charge >= 0.3 is 5.97 Å². The predicted octanol–water partition coefficient (Wildman–Crippen LogP) is 1.02. The van der Waals surface area contributed by atoms with E-state index < -0.39 is 0 Å². The molecule has 0 radical (unpaired) electrons. The monoisotopic (exact) mass is 199 g/mol. The Balaban J connectivity index is 3.31. The van der Waals surface area contributed by atoms with E-state index in [1.165, 1.54) is 6.08 Å². The van der Waals surface area contributed by atoms with Gasteiger partial charge in [-0.25, -0.2) is 0 Å². The Labute approximate surface area is 84.3 Å². The van der Waals surface area contributed by atoms with Crippen LogP contribution in [-0.4, -0.2) is 25.5 Å². The first-order valence-corrected chi connectivity index (χ1v) is 4.67. The minimum absolute atomic E-state index is 0.00413. The zero-order valence-electron chi connectivity index (χ0n) is 8.54. The first kappa shape index (κ1) is 12.7. The molecule has 1 N–H and O–H groups in total. The summed E-state index contributed by atoms with van der Waals surface area (Å²) < 4.78 is 4.77. The van der Waals surface area contributed by atoms with Crippen molar-refractivity contribution in [1.29, 1.82) is 0 Å². The Morgan fingerprint density at radius 3 is 2.57 bits per heavy atom. The summed E-state index contributed by atoms with van der Waals surface area (Å²) in [6.07, 6.45) is 3.75. The summed E-state index contributed by atoms with van der Waals surface area (Å²) in [5.74, 6) is -0.230. The fourth-order valence-electron chi connectivity index (χ4n) is 0.904. The van der Waals surface area contributed by atoms with Gasteiger partial charge in [0.15, 0.2) is 0 Å². The summed E-state index contributed by atoms with van der Waals surface area (Å²) in [6.45, 7) is 3.69. The second kappa shape index (κ2) is 8.29. The zero-order chi connectivity index (χ0) is 10.8. The van der Waals surface area contributed by atoms with Crippen LogP contribution < -0.4 is 5.32 Å². The molecule has 0 aromatic heterocycles. The summed E-state index contributed by atoms with van der Waals surface area (Å²) in [5.41, 5.74) is 0. The smallest absolute Gasteiger partial charge is 0.306 e. The van der Waals surface area contributed by atoms with Crippen LogP contribution in [0.25, 0.3) is 0 Å². The molecule has 0 saturated heterocycles. The molecular weight excluding hydrogens is 182 g/mol. The van der Waals surface area contributed by atoms with Crippen molar-refractivity contribution in [3.05, 3.63) is 12.7 Å². The van der Waals surface area contributed by atoms with Gasteiger partial charge in [-0.2, -0.15) is 0 Å². The molecule has 4 heteroatoms. The highest BCUT2D eigenvalue weighted by Gasteiger charge is 2.02. The number of hydrogen-bond acceptors (Lipinski definition) is 3. The second-order valence-corrected chi connectivity index (χ2v) is 2.85. The lowest BCUT2D eigenvalue weighted by molar-refractivity contribution is -0.142. The van der Waals surface area contributed by atoms with Crippen molar-refractivity contribution in [2.75, 3.05) is 13.7 Å². The van der Waals surface area contributed by atoms with Crippen LogP contribution in [0.15, 0.2) is 12.7 Å². The molecule has 0 bridgehead atoms. The second-order valence-electron chi connectivity index (χ2n) is 2.85. The van der Waals surface area contributed by atoms with Crippen LogP contribution in [-0.2, 0) is 14.3 Å². The highest BCUT2D eigenvalue weighted by Crippen LogP contribution is 2.01. The van der Waals surface area contributed by atoms with Crippen LogP contribution in [0, 0.1) is 0 Å². The van der Waals surface area contributed by atoms with Gasteiger partial charge in [0.1, 0.15) is 6.61 Å². The lowest BCUT2D eigenvalue weighted by atomic mass is 10.2. The molecule has 4 nitrogen and oxygen atoms in total. The molecule has 0 unspecified atom stereocenters. The van der Waals surface area contributed by atoms with E-state index in [4.69, 9.17) is 4.74 Å². The highest BCUT2D eigenvalue weighted by atomic mass is 16.5. The summed E-state index contributed by atoms with van der Waals surface area (Å²) in [4.78, 5) is 21.7. The van der Waals surface area contributed by atoms with Crippen molar-refractivity contribution in [2.45, 2.75) is 25.7 Å². The molecule has 0 fully saturated rings. The van der Waals surface area contributed by atoms with Gasteiger partial charge in [-0.3, -0.25) is 9.59 Å². The Kier molecular flexibility index (Phi) is 7.50. The third-order valence-electron chi connectivity index (χ3n) is 1.68. The molecule has 0 aliphatic carbocycles. The molecule has 0 aromatic carbocycles. The highest BCUT2D eigenvalue weighted by molar-refractivity contribution is 5.75. The van der Waals surface area contributed by atoms with Crippen molar-refractivity contribution >= 4 is 11.9 Å². The molecule has 0 aliphatic heterocycles. The molecule has 0 spiro atoms. The molecule has 0 rings (SSSR count). The maximum Gasteiger partial charge on any atom is 0.306 e. The summed E-state index contributed by atoms with van der Waals surface area (Å²) in [6, 6.07) is 0. The quantitative estimate of drug-likeness (QED) is 0.378. The third-order valence-corrected chi connectivity index (χ3v) is 1.68. The Morgan fingerprint density at radius 2 is 2.00 bits per heavy atom. The van der Waals surface area contributed by atoms with E-state index in [0.29, 0.717) is 25.7 Å². The Morgan fingerprint density at radius 1 is 1.36 bits per heavy atom. The van der Waals surface area contributed by atoms with E-state index in [9.17, 15) is 9.59 Å². The van der Waals surface area contributed by atoms with Gasteiger partial charge in [-0.1, -0.05) is 12.7 Å². The van der Waals surface area contributed by atoms with Crippen molar-refractivity contribution in [2.24, 2.45) is 0 Å². The van der Waals surface area contributed by atoms with E-state index >= 15 is 0 Å². The number of nitrogens with one attached hydrogen (secondary N) is 1. The lowest BCUT2D eigenvalue weighted by Crippen LogP contribution is -2.17. The fourth-order valence-corrected chi connectivity index (χ4v) is 0.904. The van der Waals surface area contributed by atoms with Gasteiger partial charge < -0.3 is 10.1 Å². The average Bonchev–Trinajstić information content (AvgIpc) is 2.21. The van der Waals surface area contributed by atoms with Gasteiger partial charge in [0.25, 0.3) is 0 Å². The molecular formula is C10H17NO3. The number of hydrogen-bond donors (Lipinski definition) is 1. The van der Waals surface area contributed by atoms with Gasteiger partial charge in [0.2, 0.25) is 5.91 Å². The standard InChI is InChI=1S/C10H17NO3/c1-3-8-14-10(13)7-5-4-6-9(12)11-2/h3H,1,4-8H2,2H3,(H,11,12). The van der Waals surface area contributed by atoms with Crippen molar-refractivity contribution in [1.82, 2.24) is 5.32 Å². The number of carbonyl (C=O) groups excluding carboxylic acids is 2. The van der Waals surface area contributed by atoms with E-state index in [-0.39, 0.29) is 18.5 Å². The molecule has 1 amide bonds. The lowest BCUT2D eigenvalue weighted by Gasteiger charge is -2.01. The molecule has 0 atom stereocenters. The molecule has 0 aromatic rings. The topological polar surface area (TPSA) is 55.4 Å². The summed E-state index contributed by atoms with van der Waals surface area (Å²) in [5, 5.41) is 2.52. The van der Waals surface area contributed by atoms with E-state index in [1.54, 1.807) is 7.05 Å². The number of ether oxygens (including phenoxy) is 1. The normalized spacial score (nSPS) is 9.21. The largest absolute Gasteiger partial charge is 0.461 e. The van der Waals surface area contributed by atoms with Crippen LogP contribution in [0.5, 0.6) is 0 Å².